The van der Waals surface area contributed by atoms with Crippen molar-refractivity contribution in [2.45, 2.75) is 64.1 Å². The highest BCUT2D eigenvalue weighted by atomic mass is 32.1. The molecule has 4 heteroatoms. The van der Waals surface area contributed by atoms with Gasteiger partial charge >= 0.3 is 0 Å². The number of nitrogens with one attached hydrogen (secondary N) is 2. The molecule has 2 N–H and O–H groups in total. The smallest absolute Gasteiger partial charge is 0.237 e. The lowest BCUT2D eigenvalue weighted by Gasteiger charge is -2.27. The van der Waals surface area contributed by atoms with E-state index in [1.165, 1.54) is 35.3 Å². The summed E-state index contributed by atoms with van der Waals surface area (Å²) in [5, 5.41) is 8.86. The monoisotopic (exact) mass is 356 g/mol. The van der Waals surface area contributed by atoms with Gasteiger partial charge in [-0.1, -0.05) is 55.2 Å². The van der Waals surface area contributed by atoms with Gasteiger partial charge < -0.3 is 5.32 Å². The van der Waals surface area contributed by atoms with Gasteiger partial charge in [-0.25, -0.2) is 0 Å². The van der Waals surface area contributed by atoms with Crippen molar-refractivity contribution < 1.29 is 4.79 Å². The van der Waals surface area contributed by atoms with Crippen molar-refractivity contribution in [2.75, 3.05) is 0 Å². The van der Waals surface area contributed by atoms with E-state index in [-0.39, 0.29) is 18.0 Å². The Bertz CT molecular complexity index is 660. The highest BCUT2D eigenvalue weighted by Crippen LogP contribution is 2.27. The van der Waals surface area contributed by atoms with Crippen molar-refractivity contribution in [1.29, 1.82) is 0 Å². The van der Waals surface area contributed by atoms with Crippen LogP contribution in [0.3, 0.4) is 0 Å². The average Bonchev–Trinajstić information content (AvgIpc) is 3.15. The standard InChI is InChI=1S/C21H28N2OS/c1-15-10-12-17(13-11-15)20(19-9-6-14-25-19)22-16(2)21(24)23-18-7-4-3-5-8-18/h6,9-14,16,18,20,22H,3-5,7-8H2,1-2H3,(H,23,24)/t16-,20-/m1/s1. The summed E-state index contributed by atoms with van der Waals surface area (Å²) in [6.07, 6.45) is 5.99. The van der Waals surface area contributed by atoms with Crippen LogP contribution in [0.1, 0.15) is 61.1 Å². The molecule has 0 bridgehead atoms. The molecule has 1 fully saturated rings. The van der Waals surface area contributed by atoms with Crippen LogP contribution in [-0.4, -0.2) is 18.0 Å². The van der Waals surface area contributed by atoms with Crippen LogP contribution >= 0.6 is 11.3 Å². The molecule has 134 valence electrons. The summed E-state index contributed by atoms with van der Waals surface area (Å²) in [6, 6.07) is 12.9. The van der Waals surface area contributed by atoms with E-state index in [1.54, 1.807) is 11.3 Å². The number of carbonyl (C=O) groups is 1. The molecule has 1 aromatic carbocycles. The Morgan fingerprint density at radius 2 is 1.84 bits per heavy atom. The molecule has 3 nitrogen and oxygen atoms in total. The van der Waals surface area contributed by atoms with Gasteiger partial charge in [-0.3, -0.25) is 10.1 Å². The molecular weight excluding hydrogens is 328 g/mol. The SMILES string of the molecule is Cc1ccc([C@@H](N[C@H](C)C(=O)NC2CCCCC2)c2cccs2)cc1. The number of carbonyl (C=O) groups excluding carboxylic acids is 1. The highest BCUT2D eigenvalue weighted by molar-refractivity contribution is 7.10. The molecule has 1 amide bonds. The number of hydrogen-bond donors (Lipinski definition) is 2. The molecule has 2 aromatic rings. The van der Waals surface area contributed by atoms with Crippen LogP contribution in [0, 0.1) is 6.92 Å². The number of amides is 1. The Kier molecular flexibility index (Phi) is 6.27. The third kappa shape index (κ3) is 4.93. The van der Waals surface area contributed by atoms with E-state index < -0.39 is 0 Å². The van der Waals surface area contributed by atoms with Crippen LogP contribution in [0.25, 0.3) is 0 Å². The first kappa shape index (κ1) is 18.2. The zero-order valence-corrected chi connectivity index (χ0v) is 15.9. The number of benzene rings is 1. The second kappa shape index (κ2) is 8.63. The quantitative estimate of drug-likeness (QED) is 0.796. The molecular formula is C21H28N2OS. The fourth-order valence-electron chi connectivity index (χ4n) is 3.46. The summed E-state index contributed by atoms with van der Waals surface area (Å²) in [7, 11) is 0. The summed E-state index contributed by atoms with van der Waals surface area (Å²) in [6.45, 7) is 4.06. The van der Waals surface area contributed by atoms with E-state index in [1.807, 2.05) is 6.92 Å². The van der Waals surface area contributed by atoms with Crippen LogP contribution in [0.2, 0.25) is 0 Å². The third-order valence-electron chi connectivity index (χ3n) is 5.00. The number of thiophene rings is 1. The Morgan fingerprint density at radius 1 is 1.12 bits per heavy atom. The maximum Gasteiger partial charge on any atom is 0.237 e. The normalized spacial score (nSPS) is 17.8. The molecule has 0 aliphatic heterocycles. The van der Waals surface area contributed by atoms with E-state index in [0.29, 0.717) is 6.04 Å². The molecule has 0 saturated heterocycles. The van der Waals surface area contributed by atoms with E-state index >= 15 is 0 Å². The maximum atomic E-state index is 12.6. The topological polar surface area (TPSA) is 41.1 Å². The molecule has 0 unspecified atom stereocenters. The summed E-state index contributed by atoms with van der Waals surface area (Å²) >= 11 is 1.73. The van der Waals surface area contributed by atoms with Crippen LogP contribution in [0.5, 0.6) is 0 Å². The molecule has 1 saturated carbocycles. The van der Waals surface area contributed by atoms with Crippen molar-refractivity contribution in [2.24, 2.45) is 0 Å². The average molecular weight is 357 g/mol. The zero-order chi connectivity index (χ0) is 17.6. The summed E-state index contributed by atoms with van der Waals surface area (Å²) in [4.78, 5) is 13.9. The molecule has 1 aliphatic rings. The van der Waals surface area contributed by atoms with Gasteiger partial charge in [0, 0.05) is 10.9 Å². The molecule has 2 atom stereocenters. The first-order valence-corrected chi connectivity index (χ1v) is 10.2. The van der Waals surface area contributed by atoms with Gasteiger partial charge in [0.2, 0.25) is 5.91 Å². The Morgan fingerprint density at radius 3 is 2.48 bits per heavy atom. The minimum absolute atomic E-state index is 0.0488. The summed E-state index contributed by atoms with van der Waals surface area (Å²) < 4.78 is 0. The van der Waals surface area contributed by atoms with Gasteiger partial charge in [-0.15, -0.1) is 11.3 Å². The number of aryl methyl sites for hydroxylation is 1. The molecule has 0 radical (unpaired) electrons. The molecule has 25 heavy (non-hydrogen) atoms. The van der Waals surface area contributed by atoms with Crippen LogP contribution < -0.4 is 10.6 Å². The fourth-order valence-corrected chi connectivity index (χ4v) is 4.27. The molecule has 1 heterocycles. The van der Waals surface area contributed by atoms with Crippen molar-refractivity contribution in [3.63, 3.8) is 0 Å². The number of rotatable bonds is 6. The van der Waals surface area contributed by atoms with E-state index in [4.69, 9.17) is 0 Å². The minimum atomic E-state index is -0.227. The fraction of sp³-hybridized carbons (Fsp3) is 0.476. The van der Waals surface area contributed by atoms with Gasteiger partial charge in [0.05, 0.1) is 12.1 Å². The van der Waals surface area contributed by atoms with Gasteiger partial charge in [0.25, 0.3) is 0 Å². The second-order valence-electron chi connectivity index (χ2n) is 7.09. The van der Waals surface area contributed by atoms with Crippen molar-refractivity contribution in [3.8, 4) is 0 Å². The van der Waals surface area contributed by atoms with Gasteiger partial charge in [0.1, 0.15) is 0 Å². The Hall–Kier alpha value is -1.65. The molecule has 3 rings (SSSR count). The van der Waals surface area contributed by atoms with Gasteiger partial charge in [-0.2, -0.15) is 0 Å². The van der Waals surface area contributed by atoms with E-state index in [9.17, 15) is 4.79 Å². The lowest BCUT2D eigenvalue weighted by Crippen LogP contribution is -2.47. The Labute approximate surface area is 154 Å². The summed E-state index contributed by atoms with van der Waals surface area (Å²) in [5.41, 5.74) is 2.45. The highest BCUT2D eigenvalue weighted by Gasteiger charge is 2.23. The van der Waals surface area contributed by atoms with Crippen molar-refractivity contribution in [3.05, 3.63) is 57.8 Å². The van der Waals surface area contributed by atoms with Crippen molar-refractivity contribution >= 4 is 17.2 Å². The lowest BCUT2D eigenvalue weighted by molar-refractivity contribution is -0.123. The van der Waals surface area contributed by atoms with Crippen LogP contribution in [0.15, 0.2) is 41.8 Å². The maximum absolute atomic E-state index is 12.6. The van der Waals surface area contributed by atoms with Gasteiger partial charge in [-0.05, 0) is 43.7 Å². The molecule has 1 aliphatic carbocycles. The second-order valence-corrected chi connectivity index (χ2v) is 8.07. The number of hydrogen-bond acceptors (Lipinski definition) is 3. The van der Waals surface area contributed by atoms with E-state index in [2.05, 4.69) is 59.3 Å². The zero-order valence-electron chi connectivity index (χ0n) is 15.1. The largest absolute Gasteiger partial charge is 0.352 e. The first-order chi connectivity index (χ1) is 12.1. The lowest BCUT2D eigenvalue weighted by atomic mass is 9.95. The molecule has 0 spiro atoms. The van der Waals surface area contributed by atoms with Crippen molar-refractivity contribution in [1.82, 2.24) is 10.6 Å². The first-order valence-electron chi connectivity index (χ1n) is 9.30. The minimum Gasteiger partial charge on any atom is -0.352 e. The predicted molar refractivity (Wildman–Crippen MR) is 105 cm³/mol. The van der Waals surface area contributed by atoms with Crippen LogP contribution in [0.4, 0.5) is 0 Å². The third-order valence-corrected chi connectivity index (χ3v) is 5.94. The molecule has 1 aromatic heterocycles. The van der Waals surface area contributed by atoms with E-state index in [0.717, 1.165) is 12.8 Å². The van der Waals surface area contributed by atoms with Crippen LogP contribution in [-0.2, 0) is 4.79 Å². The van der Waals surface area contributed by atoms with Gasteiger partial charge in [0.15, 0.2) is 0 Å². The predicted octanol–water partition coefficient (Wildman–Crippen LogP) is 4.57. The summed E-state index contributed by atoms with van der Waals surface area (Å²) in [5.74, 6) is 0.112. The Balaban J connectivity index is 1.69.